The van der Waals surface area contributed by atoms with Crippen LogP contribution in [0.5, 0.6) is 5.75 Å². The number of hydrogen-bond donors (Lipinski definition) is 0. The van der Waals surface area contributed by atoms with Crippen LogP contribution >= 0.6 is 0 Å². The molecule has 0 heterocycles. The molecule has 1 aromatic rings. The Morgan fingerprint density at radius 2 is 2.29 bits per heavy atom. The van der Waals surface area contributed by atoms with E-state index in [1.54, 1.807) is 0 Å². The standard InChI is InChI=1S/C10H8F2O2/c1-6(2)10(13)14-7-3-4-8(11)9(12)5-7/h3-5H,1H2,2H3/i2D3,3D,4D,5D. The minimum atomic E-state index is -2.87. The molecule has 0 aliphatic rings. The molecule has 74 valence electrons. The predicted octanol–water partition coefficient (Wildman–Crippen LogP) is 2.45. The third-order valence-corrected chi connectivity index (χ3v) is 1.14. The Balaban J connectivity index is 3.24. The molecule has 0 unspecified atom stereocenters. The van der Waals surface area contributed by atoms with Crippen molar-refractivity contribution in [3.63, 3.8) is 0 Å². The summed E-state index contributed by atoms with van der Waals surface area (Å²) >= 11 is 0. The van der Waals surface area contributed by atoms with E-state index in [0.29, 0.717) is 0 Å². The normalized spacial score (nSPS) is 16.7. The van der Waals surface area contributed by atoms with Gasteiger partial charge in [-0.1, -0.05) is 6.58 Å². The molecule has 0 N–H and O–H groups in total. The summed E-state index contributed by atoms with van der Waals surface area (Å²) in [6.45, 7) is 0.0984. The van der Waals surface area contributed by atoms with Gasteiger partial charge in [-0.2, -0.15) is 0 Å². The van der Waals surface area contributed by atoms with Gasteiger partial charge in [-0.15, -0.1) is 0 Å². The molecule has 0 saturated heterocycles. The highest BCUT2D eigenvalue weighted by Gasteiger charge is 2.08. The Morgan fingerprint density at radius 3 is 2.93 bits per heavy atom. The van der Waals surface area contributed by atoms with E-state index < -0.39 is 53.9 Å². The van der Waals surface area contributed by atoms with Crippen LogP contribution < -0.4 is 4.74 Å². The maximum absolute atomic E-state index is 13.2. The van der Waals surface area contributed by atoms with E-state index in [1.807, 2.05) is 0 Å². The molecule has 14 heavy (non-hydrogen) atoms. The van der Waals surface area contributed by atoms with Gasteiger partial charge in [0.2, 0.25) is 0 Å². The number of ether oxygens (including phenoxy) is 1. The van der Waals surface area contributed by atoms with E-state index in [-0.39, 0.29) is 0 Å². The second kappa shape index (κ2) is 4.00. The largest absolute Gasteiger partial charge is 0.423 e. The maximum Gasteiger partial charge on any atom is 0.338 e. The second-order valence-corrected chi connectivity index (χ2v) is 2.20. The van der Waals surface area contributed by atoms with Gasteiger partial charge in [-0.3, -0.25) is 0 Å². The van der Waals surface area contributed by atoms with Crippen molar-refractivity contribution in [2.45, 2.75) is 6.85 Å². The lowest BCUT2D eigenvalue weighted by Gasteiger charge is -2.03. The van der Waals surface area contributed by atoms with Gasteiger partial charge in [-0.25, -0.2) is 13.6 Å². The molecule has 0 spiro atoms. The van der Waals surface area contributed by atoms with Gasteiger partial charge in [0.15, 0.2) is 11.6 Å². The maximum atomic E-state index is 13.2. The molecular formula is C10H8F2O2. The van der Waals surface area contributed by atoms with Crippen LogP contribution in [0.2, 0.25) is 0 Å². The summed E-state index contributed by atoms with van der Waals surface area (Å²) in [5, 5.41) is 0. The number of benzene rings is 1. The Morgan fingerprint density at radius 1 is 1.57 bits per heavy atom. The van der Waals surface area contributed by atoms with Gasteiger partial charge in [0.05, 0.1) is 4.11 Å². The Bertz CT molecular complexity index is 567. The number of esters is 1. The van der Waals surface area contributed by atoms with Crippen LogP contribution in [0.3, 0.4) is 0 Å². The SMILES string of the molecule is [2H]c1c([2H])c(OC(=O)C(=C)C([2H])([2H])[2H])c([2H])c(F)c1F. The number of carbonyl (C=O) groups excluding carboxylic acids is 1. The van der Waals surface area contributed by atoms with Gasteiger partial charge < -0.3 is 4.74 Å². The average Bonchev–Trinajstić information content (AvgIpc) is 2.36. The van der Waals surface area contributed by atoms with Crippen LogP contribution in [0.15, 0.2) is 30.3 Å². The third kappa shape index (κ3) is 2.39. The van der Waals surface area contributed by atoms with E-state index in [4.69, 9.17) is 8.22 Å². The number of hydrogen-bond acceptors (Lipinski definition) is 2. The zero-order valence-electron chi connectivity index (χ0n) is 12.8. The quantitative estimate of drug-likeness (QED) is 0.420. The smallest absolute Gasteiger partial charge is 0.338 e. The van der Waals surface area contributed by atoms with Gasteiger partial charge in [0.1, 0.15) is 5.75 Å². The molecule has 0 amide bonds. The van der Waals surface area contributed by atoms with Gasteiger partial charge in [0.25, 0.3) is 0 Å². The first kappa shape index (κ1) is 4.68. The Labute approximate surface area is 88.2 Å². The molecule has 4 heteroatoms. The summed E-state index contributed by atoms with van der Waals surface area (Å²) in [5.74, 6) is -6.05. The number of carbonyl (C=O) groups is 1. The summed E-state index contributed by atoms with van der Waals surface area (Å²) in [5.41, 5.74) is -0.951. The summed E-state index contributed by atoms with van der Waals surface area (Å²) < 4.78 is 73.0. The zero-order valence-corrected chi connectivity index (χ0v) is 6.78. The van der Waals surface area contributed by atoms with E-state index in [2.05, 4.69) is 11.3 Å². The highest BCUT2D eigenvalue weighted by molar-refractivity contribution is 5.88. The van der Waals surface area contributed by atoms with Crippen molar-refractivity contribution < 1.29 is 26.5 Å². The second-order valence-electron chi connectivity index (χ2n) is 2.20. The molecule has 0 saturated carbocycles. The first-order valence-electron chi connectivity index (χ1n) is 6.34. The van der Waals surface area contributed by atoms with Crippen molar-refractivity contribution in [3.05, 3.63) is 41.9 Å². The third-order valence-electron chi connectivity index (χ3n) is 1.14. The fraction of sp³-hybridized carbons (Fsp3) is 0.100. The first-order valence-corrected chi connectivity index (χ1v) is 3.34. The zero-order chi connectivity index (χ0) is 15.8. The fourth-order valence-electron chi connectivity index (χ4n) is 0.558. The summed E-state index contributed by atoms with van der Waals surface area (Å²) in [4.78, 5) is 11.4. The summed E-state index contributed by atoms with van der Waals surface area (Å²) in [6.07, 6.45) is 0. The van der Waals surface area contributed by atoms with Crippen molar-refractivity contribution in [3.8, 4) is 5.75 Å². The van der Waals surface area contributed by atoms with Gasteiger partial charge in [-0.05, 0) is 18.9 Å². The van der Waals surface area contributed by atoms with E-state index >= 15 is 0 Å². The lowest BCUT2D eigenvalue weighted by atomic mass is 10.3. The van der Waals surface area contributed by atoms with Crippen molar-refractivity contribution >= 4 is 5.97 Å². The molecule has 2 nitrogen and oxygen atoms in total. The summed E-state index contributed by atoms with van der Waals surface area (Å²) in [7, 11) is 0. The van der Waals surface area contributed by atoms with Crippen LogP contribution in [0, 0.1) is 11.6 Å². The molecule has 0 bridgehead atoms. The first-order chi connectivity index (χ1) is 8.98. The van der Waals surface area contributed by atoms with Crippen LogP contribution in [0.1, 0.15) is 15.1 Å². The van der Waals surface area contributed by atoms with Crippen LogP contribution in [-0.4, -0.2) is 5.97 Å². The Kier molecular flexibility index (Phi) is 1.34. The van der Waals surface area contributed by atoms with Crippen molar-refractivity contribution in [2.24, 2.45) is 0 Å². The minimum Gasteiger partial charge on any atom is -0.423 e. The topological polar surface area (TPSA) is 26.3 Å². The van der Waals surface area contributed by atoms with Crippen molar-refractivity contribution in [1.82, 2.24) is 0 Å². The van der Waals surface area contributed by atoms with Crippen LogP contribution in [0.4, 0.5) is 8.78 Å². The van der Waals surface area contributed by atoms with E-state index in [0.717, 1.165) is 0 Å². The van der Waals surface area contributed by atoms with E-state index in [1.165, 1.54) is 0 Å². The molecular weight excluding hydrogens is 190 g/mol. The average molecular weight is 204 g/mol. The Hall–Kier alpha value is -1.71. The molecule has 0 aliphatic carbocycles. The molecule has 1 aromatic carbocycles. The minimum absolute atomic E-state index is 0.951. The van der Waals surface area contributed by atoms with Crippen molar-refractivity contribution in [1.29, 1.82) is 0 Å². The molecule has 0 atom stereocenters. The van der Waals surface area contributed by atoms with Crippen LogP contribution in [0.25, 0.3) is 0 Å². The highest BCUT2D eigenvalue weighted by Crippen LogP contribution is 2.16. The fourth-order valence-corrected chi connectivity index (χ4v) is 0.558. The molecule has 0 aliphatic heterocycles. The molecule has 0 fully saturated rings. The van der Waals surface area contributed by atoms with Crippen molar-refractivity contribution in [2.75, 3.05) is 0 Å². The highest BCUT2D eigenvalue weighted by atomic mass is 19.2. The molecule has 0 aromatic heterocycles. The number of rotatable bonds is 2. The molecule has 0 radical (unpaired) electrons. The number of halogens is 2. The predicted molar refractivity (Wildman–Crippen MR) is 46.8 cm³/mol. The van der Waals surface area contributed by atoms with Gasteiger partial charge in [0, 0.05) is 15.7 Å². The lowest BCUT2D eigenvalue weighted by molar-refractivity contribution is -0.130. The van der Waals surface area contributed by atoms with E-state index in [9.17, 15) is 13.6 Å². The van der Waals surface area contributed by atoms with Crippen LogP contribution in [-0.2, 0) is 4.79 Å². The monoisotopic (exact) mass is 204 g/mol. The lowest BCUT2D eigenvalue weighted by Crippen LogP contribution is -2.08. The van der Waals surface area contributed by atoms with Gasteiger partial charge >= 0.3 is 5.97 Å². The summed E-state index contributed by atoms with van der Waals surface area (Å²) in [6, 6.07) is -3.50. The molecule has 1 rings (SSSR count).